The standard InChI is InChI=1S/C15H14ClNO5S/c1-21-11-5-8-14(13(16)9-11)17-23(19,20)12-6-3-10(4-7-12)15(18)22-2/h3-9,17H,1-2H3. The molecule has 0 radical (unpaired) electrons. The van der Waals surface area contributed by atoms with Crippen molar-refractivity contribution in [1.29, 1.82) is 0 Å². The molecular formula is C15H14ClNO5S. The molecule has 0 saturated heterocycles. The van der Waals surface area contributed by atoms with Crippen molar-refractivity contribution in [3.63, 3.8) is 0 Å². The van der Waals surface area contributed by atoms with Gasteiger partial charge < -0.3 is 9.47 Å². The van der Waals surface area contributed by atoms with E-state index in [4.69, 9.17) is 16.3 Å². The second-order valence-corrected chi connectivity index (χ2v) is 6.56. The zero-order chi connectivity index (χ0) is 17.0. The number of hydrogen-bond donors (Lipinski definition) is 1. The minimum absolute atomic E-state index is 0.00274. The molecule has 23 heavy (non-hydrogen) atoms. The SMILES string of the molecule is COC(=O)c1ccc(S(=O)(=O)Nc2ccc(OC)cc2Cl)cc1. The highest BCUT2D eigenvalue weighted by Gasteiger charge is 2.17. The van der Waals surface area contributed by atoms with Crippen molar-refractivity contribution >= 4 is 33.3 Å². The van der Waals surface area contributed by atoms with Gasteiger partial charge in [0.2, 0.25) is 0 Å². The molecule has 6 nitrogen and oxygen atoms in total. The Morgan fingerprint density at radius 3 is 2.26 bits per heavy atom. The number of nitrogens with one attached hydrogen (secondary N) is 1. The van der Waals surface area contributed by atoms with E-state index in [0.29, 0.717) is 5.75 Å². The van der Waals surface area contributed by atoms with Gasteiger partial charge in [-0.3, -0.25) is 4.72 Å². The number of esters is 1. The molecule has 2 aromatic carbocycles. The van der Waals surface area contributed by atoms with Gasteiger partial charge in [-0.05, 0) is 36.4 Å². The Bertz CT molecular complexity index is 818. The molecule has 0 amide bonds. The Balaban J connectivity index is 2.27. The van der Waals surface area contributed by atoms with Crippen LogP contribution in [0.1, 0.15) is 10.4 Å². The van der Waals surface area contributed by atoms with E-state index < -0.39 is 16.0 Å². The zero-order valence-corrected chi connectivity index (χ0v) is 13.9. The molecule has 0 bridgehead atoms. The van der Waals surface area contributed by atoms with Gasteiger partial charge in [0.1, 0.15) is 5.75 Å². The molecule has 0 unspecified atom stereocenters. The monoisotopic (exact) mass is 355 g/mol. The minimum atomic E-state index is -3.83. The number of halogens is 1. The first-order valence-electron chi connectivity index (χ1n) is 6.42. The maximum atomic E-state index is 12.3. The summed E-state index contributed by atoms with van der Waals surface area (Å²) < 4.78 is 36.6. The van der Waals surface area contributed by atoms with Crippen molar-refractivity contribution in [2.45, 2.75) is 4.90 Å². The van der Waals surface area contributed by atoms with Gasteiger partial charge in [-0.2, -0.15) is 0 Å². The summed E-state index contributed by atoms with van der Waals surface area (Å²) in [5.41, 5.74) is 0.485. The van der Waals surface area contributed by atoms with Gasteiger partial charge in [-0.1, -0.05) is 11.6 Å². The third-order valence-corrected chi connectivity index (χ3v) is 4.70. The number of ether oxygens (including phenoxy) is 2. The van der Waals surface area contributed by atoms with Crippen LogP contribution in [-0.4, -0.2) is 28.6 Å². The van der Waals surface area contributed by atoms with E-state index in [1.54, 1.807) is 6.07 Å². The molecular weight excluding hydrogens is 342 g/mol. The van der Waals surface area contributed by atoms with Crippen molar-refractivity contribution in [2.75, 3.05) is 18.9 Å². The van der Waals surface area contributed by atoms with Gasteiger partial charge in [0.15, 0.2) is 0 Å². The van der Waals surface area contributed by atoms with Crippen molar-refractivity contribution in [2.24, 2.45) is 0 Å². The van der Waals surface area contributed by atoms with E-state index in [-0.39, 0.29) is 21.2 Å². The quantitative estimate of drug-likeness (QED) is 0.834. The highest BCUT2D eigenvalue weighted by molar-refractivity contribution is 7.92. The Morgan fingerprint density at radius 2 is 1.74 bits per heavy atom. The third-order valence-electron chi connectivity index (χ3n) is 3.01. The van der Waals surface area contributed by atoms with E-state index in [1.165, 1.54) is 50.6 Å². The molecule has 8 heteroatoms. The number of hydrogen-bond acceptors (Lipinski definition) is 5. The molecule has 0 aliphatic heterocycles. The van der Waals surface area contributed by atoms with Gasteiger partial charge in [0.25, 0.3) is 10.0 Å². The third kappa shape index (κ3) is 3.94. The normalized spacial score (nSPS) is 10.9. The lowest BCUT2D eigenvalue weighted by Crippen LogP contribution is -2.13. The molecule has 122 valence electrons. The van der Waals surface area contributed by atoms with Crippen molar-refractivity contribution < 1.29 is 22.7 Å². The lowest BCUT2D eigenvalue weighted by Gasteiger charge is -2.11. The van der Waals surface area contributed by atoms with Gasteiger partial charge in [-0.15, -0.1) is 0 Å². The molecule has 0 aliphatic carbocycles. The summed E-state index contributed by atoms with van der Waals surface area (Å²) in [4.78, 5) is 11.4. The van der Waals surface area contributed by atoms with Crippen molar-refractivity contribution in [3.05, 3.63) is 53.1 Å². The van der Waals surface area contributed by atoms with Crippen LogP contribution in [0.25, 0.3) is 0 Å². The summed E-state index contributed by atoms with van der Waals surface area (Å²) in [6.07, 6.45) is 0. The first-order chi connectivity index (χ1) is 10.9. The maximum Gasteiger partial charge on any atom is 0.337 e. The first kappa shape index (κ1) is 17.1. The molecule has 0 spiro atoms. The van der Waals surface area contributed by atoms with Crippen molar-refractivity contribution in [1.82, 2.24) is 0 Å². The average molecular weight is 356 g/mol. The fourth-order valence-electron chi connectivity index (χ4n) is 1.80. The zero-order valence-electron chi connectivity index (χ0n) is 12.4. The second kappa shape index (κ2) is 6.89. The Kier molecular flexibility index (Phi) is 5.12. The summed E-state index contributed by atoms with van der Waals surface area (Å²) in [5, 5.41) is 0.208. The fourth-order valence-corrected chi connectivity index (χ4v) is 3.15. The van der Waals surface area contributed by atoms with E-state index in [0.717, 1.165) is 0 Å². The molecule has 0 aliphatic rings. The average Bonchev–Trinajstić information content (AvgIpc) is 2.56. The number of rotatable bonds is 5. The lowest BCUT2D eigenvalue weighted by molar-refractivity contribution is 0.0600. The van der Waals surface area contributed by atoms with Crippen LogP contribution in [0.4, 0.5) is 5.69 Å². The lowest BCUT2D eigenvalue weighted by atomic mass is 10.2. The van der Waals surface area contributed by atoms with Crippen LogP contribution in [0.15, 0.2) is 47.4 Å². The number of sulfonamides is 1. The van der Waals surface area contributed by atoms with E-state index in [1.807, 2.05) is 0 Å². The summed E-state index contributed by atoms with van der Waals surface area (Å²) >= 11 is 6.02. The van der Waals surface area contributed by atoms with Crippen LogP contribution in [0.5, 0.6) is 5.75 Å². The molecule has 1 N–H and O–H groups in total. The maximum absolute atomic E-state index is 12.3. The summed E-state index contributed by atoms with van der Waals surface area (Å²) in [6.45, 7) is 0. The molecule has 2 rings (SSSR count). The van der Waals surface area contributed by atoms with E-state index in [2.05, 4.69) is 9.46 Å². The van der Waals surface area contributed by atoms with Crippen molar-refractivity contribution in [3.8, 4) is 5.75 Å². The molecule has 0 fully saturated rings. The van der Waals surface area contributed by atoms with E-state index in [9.17, 15) is 13.2 Å². The summed E-state index contributed by atoms with van der Waals surface area (Å²) in [5.74, 6) is -0.0273. The highest BCUT2D eigenvalue weighted by atomic mass is 35.5. The van der Waals surface area contributed by atoms with Crippen LogP contribution >= 0.6 is 11.6 Å². The van der Waals surface area contributed by atoms with Crippen LogP contribution < -0.4 is 9.46 Å². The molecule has 0 aromatic heterocycles. The smallest absolute Gasteiger partial charge is 0.337 e. The van der Waals surface area contributed by atoms with Gasteiger partial charge >= 0.3 is 5.97 Å². The predicted molar refractivity (Wildman–Crippen MR) is 86.6 cm³/mol. The summed E-state index contributed by atoms with van der Waals surface area (Å²) in [6, 6.07) is 9.95. The molecule has 2 aromatic rings. The van der Waals surface area contributed by atoms with E-state index >= 15 is 0 Å². The largest absolute Gasteiger partial charge is 0.497 e. The van der Waals surface area contributed by atoms with Gasteiger partial charge in [0, 0.05) is 6.07 Å². The number of carbonyl (C=O) groups is 1. The predicted octanol–water partition coefficient (Wildman–Crippen LogP) is 2.94. The topological polar surface area (TPSA) is 81.7 Å². The van der Waals surface area contributed by atoms with Gasteiger partial charge in [-0.25, -0.2) is 13.2 Å². The Labute approximate surface area is 139 Å². The fraction of sp³-hybridized carbons (Fsp3) is 0.133. The first-order valence-corrected chi connectivity index (χ1v) is 8.28. The second-order valence-electron chi connectivity index (χ2n) is 4.47. The summed E-state index contributed by atoms with van der Waals surface area (Å²) in [7, 11) is -1.10. The van der Waals surface area contributed by atoms with Crippen LogP contribution in [0.3, 0.4) is 0 Å². The number of anilines is 1. The van der Waals surface area contributed by atoms with Crippen LogP contribution in [-0.2, 0) is 14.8 Å². The number of benzene rings is 2. The Hall–Kier alpha value is -2.25. The number of carbonyl (C=O) groups excluding carboxylic acids is 1. The minimum Gasteiger partial charge on any atom is -0.497 e. The Morgan fingerprint density at radius 1 is 1.09 bits per heavy atom. The highest BCUT2D eigenvalue weighted by Crippen LogP contribution is 2.28. The van der Waals surface area contributed by atoms with Gasteiger partial charge in [0.05, 0.1) is 35.4 Å². The molecule has 0 saturated carbocycles. The number of methoxy groups -OCH3 is 2. The van der Waals surface area contributed by atoms with Crippen LogP contribution in [0, 0.1) is 0 Å². The molecule has 0 heterocycles. The van der Waals surface area contributed by atoms with Crippen LogP contribution in [0.2, 0.25) is 5.02 Å². The molecule has 0 atom stereocenters.